The van der Waals surface area contributed by atoms with Gasteiger partial charge in [-0.2, -0.15) is 0 Å². The normalized spacial score (nSPS) is 13.6. The highest BCUT2D eigenvalue weighted by Gasteiger charge is 2.22. The number of rotatable bonds is 8. The molecule has 0 saturated heterocycles. The van der Waals surface area contributed by atoms with Crippen molar-refractivity contribution >= 4 is 21.9 Å². The summed E-state index contributed by atoms with van der Waals surface area (Å²) in [6.45, 7) is 3.87. The Kier molecular flexibility index (Phi) is 7.53. The molecule has 2 rings (SSSR count). The van der Waals surface area contributed by atoms with Crippen LogP contribution in [0.15, 0.2) is 59.5 Å². The third kappa shape index (κ3) is 5.88. The lowest BCUT2D eigenvalue weighted by atomic mass is 10.0. The third-order valence-electron chi connectivity index (χ3n) is 4.45. The number of carbonyl (C=O) groups is 2. The van der Waals surface area contributed by atoms with Crippen LogP contribution in [0.2, 0.25) is 0 Å². The van der Waals surface area contributed by atoms with E-state index in [2.05, 4.69) is 5.32 Å². The zero-order valence-corrected chi connectivity index (χ0v) is 17.8. The molecule has 1 amide bonds. The Morgan fingerprint density at radius 2 is 1.69 bits per heavy atom. The van der Waals surface area contributed by atoms with Crippen LogP contribution in [0.4, 0.5) is 0 Å². The van der Waals surface area contributed by atoms with E-state index >= 15 is 0 Å². The highest BCUT2D eigenvalue weighted by Crippen LogP contribution is 2.16. The molecule has 0 unspecified atom stereocenters. The van der Waals surface area contributed by atoms with Gasteiger partial charge in [-0.25, -0.2) is 17.5 Å². The number of benzene rings is 2. The van der Waals surface area contributed by atoms with Crippen LogP contribution in [0, 0.1) is 0 Å². The summed E-state index contributed by atoms with van der Waals surface area (Å²) < 4.78 is 30.7. The van der Waals surface area contributed by atoms with Gasteiger partial charge in [-0.1, -0.05) is 43.3 Å². The molecular weight excluding hydrogens is 392 g/mol. The number of nitrogens with one attached hydrogen (secondary N) is 1. The van der Waals surface area contributed by atoms with E-state index in [1.54, 1.807) is 0 Å². The van der Waals surface area contributed by atoms with Gasteiger partial charge in [-0.3, -0.25) is 4.79 Å². The van der Waals surface area contributed by atoms with Crippen molar-refractivity contribution in [1.82, 2.24) is 9.62 Å². The number of sulfonamides is 1. The van der Waals surface area contributed by atoms with Crippen molar-refractivity contribution < 1.29 is 22.7 Å². The molecule has 0 aliphatic carbocycles. The van der Waals surface area contributed by atoms with Crippen LogP contribution in [-0.2, 0) is 19.6 Å². The molecule has 0 aliphatic heterocycles. The summed E-state index contributed by atoms with van der Waals surface area (Å²) in [6, 6.07) is 15.3. The van der Waals surface area contributed by atoms with Crippen molar-refractivity contribution in [1.29, 1.82) is 0 Å². The molecule has 0 radical (unpaired) electrons. The summed E-state index contributed by atoms with van der Waals surface area (Å²) >= 11 is 0. The highest BCUT2D eigenvalue weighted by molar-refractivity contribution is 7.89. The van der Waals surface area contributed by atoms with Gasteiger partial charge in [0.05, 0.1) is 10.5 Å². The molecule has 8 heteroatoms. The van der Waals surface area contributed by atoms with Gasteiger partial charge < -0.3 is 10.1 Å². The maximum Gasteiger partial charge on any atom is 0.338 e. The average molecular weight is 419 g/mol. The molecule has 0 spiro atoms. The van der Waals surface area contributed by atoms with Crippen LogP contribution in [-0.4, -0.2) is 51.3 Å². The predicted molar refractivity (Wildman–Crippen MR) is 110 cm³/mol. The molecule has 2 atom stereocenters. The zero-order chi connectivity index (χ0) is 21.6. The van der Waals surface area contributed by atoms with Gasteiger partial charge in [0.15, 0.2) is 6.10 Å². The number of esters is 1. The number of amides is 1. The van der Waals surface area contributed by atoms with Gasteiger partial charge >= 0.3 is 5.97 Å². The van der Waals surface area contributed by atoms with Gasteiger partial charge in [0.2, 0.25) is 10.0 Å². The van der Waals surface area contributed by atoms with Crippen molar-refractivity contribution in [2.75, 3.05) is 20.6 Å². The number of hydrogen-bond donors (Lipinski definition) is 1. The first kappa shape index (κ1) is 22.6. The number of carbonyl (C=O) groups excluding carboxylic acids is 2. The molecule has 0 aliphatic rings. The molecule has 0 saturated carbocycles. The summed E-state index contributed by atoms with van der Waals surface area (Å²) in [5, 5.41) is 2.77. The van der Waals surface area contributed by atoms with Crippen LogP contribution in [0.3, 0.4) is 0 Å². The molecule has 0 fully saturated rings. The number of ether oxygens (including phenoxy) is 1. The predicted octanol–water partition coefficient (Wildman–Crippen LogP) is 2.40. The van der Waals surface area contributed by atoms with Crippen LogP contribution in [0.1, 0.15) is 35.7 Å². The molecule has 29 heavy (non-hydrogen) atoms. The van der Waals surface area contributed by atoms with Crippen molar-refractivity contribution in [3.05, 3.63) is 65.7 Å². The van der Waals surface area contributed by atoms with Crippen molar-refractivity contribution in [3.8, 4) is 0 Å². The molecule has 0 aromatic heterocycles. The highest BCUT2D eigenvalue weighted by atomic mass is 32.2. The van der Waals surface area contributed by atoms with E-state index < -0.39 is 28.0 Å². The summed E-state index contributed by atoms with van der Waals surface area (Å²) in [5.74, 6) is -1.08. The molecular formula is C21H26N2O5S. The second-order valence-electron chi connectivity index (χ2n) is 6.92. The van der Waals surface area contributed by atoms with E-state index in [1.165, 1.54) is 45.3 Å². The summed E-state index contributed by atoms with van der Waals surface area (Å²) in [5.41, 5.74) is 1.15. The monoisotopic (exact) mass is 418 g/mol. The largest absolute Gasteiger partial charge is 0.449 e. The molecule has 2 aromatic rings. The molecule has 2 aromatic carbocycles. The van der Waals surface area contributed by atoms with Crippen LogP contribution >= 0.6 is 0 Å². The Morgan fingerprint density at radius 3 is 2.31 bits per heavy atom. The molecule has 0 bridgehead atoms. The van der Waals surface area contributed by atoms with Gasteiger partial charge in [0, 0.05) is 20.6 Å². The Hall–Kier alpha value is -2.71. The zero-order valence-electron chi connectivity index (χ0n) is 17.0. The minimum Gasteiger partial charge on any atom is -0.449 e. The number of nitrogens with zero attached hydrogens (tertiary/aromatic N) is 1. The van der Waals surface area contributed by atoms with Gasteiger partial charge in [0.25, 0.3) is 5.91 Å². The topological polar surface area (TPSA) is 92.8 Å². The van der Waals surface area contributed by atoms with Gasteiger partial charge in [-0.05, 0) is 36.6 Å². The number of hydrogen-bond acceptors (Lipinski definition) is 5. The molecule has 156 valence electrons. The standard InChI is InChI=1S/C21H26N2O5S/c1-15(17-9-6-5-7-10-17)14-22-20(24)16(2)28-21(25)18-11-8-12-19(13-18)29(26,27)23(3)4/h5-13,15-16H,14H2,1-4H3,(H,22,24)/t15-,16+/m1/s1. The minimum atomic E-state index is -3.68. The lowest BCUT2D eigenvalue weighted by Gasteiger charge is -2.17. The average Bonchev–Trinajstić information content (AvgIpc) is 2.72. The van der Waals surface area contributed by atoms with Crippen LogP contribution < -0.4 is 5.32 Å². The first-order valence-electron chi connectivity index (χ1n) is 9.19. The molecule has 7 nitrogen and oxygen atoms in total. The van der Waals surface area contributed by atoms with E-state index in [9.17, 15) is 18.0 Å². The lowest BCUT2D eigenvalue weighted by molar-refractivity contribution is -0.129. The Bertz CT molecular complexity index is 958. The maximum atomic E-state index is 12.4. The first-order chi connectivity index (χ1) is 13.6. The van der Waals surface area contributed by atoms with Crippen molar-refractivity contribution in [2.24, 2.45) is 0 Å². The Morgan fingerprint density at radius 1 is 1.03 bits per heavy atom. The first-order valence-corrected chi connectivity index (χ1v) is 10.6. The second kappa shape index (κ2) is 9.67. The summed E-state index contributed by atoms with van der Waals surface area (Å²) in [6.07, 6.45) is -1.01. The van der Waals surface area contributed by atoms with E-state index in [-0.39, 0.29) is 16.4 Å². The smallest absolute Gasteiger partial charge is 0.338 e. The van der Waals surface area contributed by atoms with E-state index in [0.717, 1.165) is 9.87 Å². The fourth-order valence-corrected chi connectivity index (χ4v) is 3.52. The molecule has 0 heterocycles. The SMILES string of the molecule is C[C@H](OC(=O)c1cccc(S(=O)(=O)N(C)C)c1)C(=O)NC[C@@H](C)c1ccccc1. The third-order valence-corrected chi connectivity index (χ3v) is 6.26. The van der Waals surface area contributed by atoms with E-state index in [4.69, 9.17) is 4.74 Å². The van der Waals surface area contributed by atoms with Crippen LogP contribution in [0.25, 0.3) is 0 Å². The fraction of sp³-hybridized carbons (Fsp3) is 0.333. The Balaban J connectivity index is 1.97. The Labute approximate surface area is 171 Å². The molecule has 1 N–H and O–H groups in total. The van der Waals surface area contributed by atoms with E-state index in [0.29, 0.717) is 6.54 Å². The lowest BCUT2D eigenvalue weighted by Crippen LogP contribution is -2.37. The van der Waals surface area contributed by atoms with E-state index in [1.807, 2.05) is 37.3 Å². The maximum absolute atomic E-state index is 12.4. The van der Waals surface area contributed by atoms with Crippen molar-refractivity contribution in [3.63, 3.8) is 0 Å². The second-order valence-corrected chi connectivity index (χ2v) is 9.07. The fourth-order valence-electron chi connectivity index (χ4n) is 2.57. The van der Waals surface area contributed by atoms with Gasteiger partial charge in [0.1, 0.15) is 0 Å². The quantitative estimate of drug-likeness (QED) is 0.665. The summed E-state index contributed by atoms with van der Waals surface area (Å²) in [7, 11) is -0.864. The van der Waals surface area contributed by atoms with Crippen molar-refractivity contribution in [2.45, 2.75) is 30.8 Å². The summed E-state index contributed by atoms with van der Waals surface area (Å²) in [4.78, 5) is 24.6. The minimum absolute atomic E-state index is 0.0225. The van der Waals surface area contributed by atoms with Gasteiger partial charge in [-0.15, -0.1) is 0 Å². The van der Waals surface area contributed by atoms with Crippen LogP contribution in [0.5, 0.6) is 0 Å².